The molecule has 0 amide bonds. The van der Waals surface area contributed by atoms with Crippen LogP contribution in [0.4, 0.5) is 5.69 Å². The second-order valence-corrected chi connectivity index (χ2v) is 6.45. The minimum Gasteiger partial charge on any atom is -0.497 e. The first-order valence-electron chi connectivity index (χ1n) is 8.76. The highest BCUT2D eigenvalue weighted by Gasteiger charge is 2.14. The van der Waals surface area contributed by atoms with Crippen molar-refractivity contribution in [2.24, 2.45) is 0 Å². The fourth-order valence-electron chi connectivity index (χ4n) is 3.51. The molecule has 0 aliphatic carbocycles. The highest BCUT2D eigenvalue weighted by atomic mass is 16.5. The van der Waals surface area contributed by atoms with Crippen molar-refractivity contribution >= 4 is 27.6 Å². The van der Waals surface area contributed by atoms with Gasteiger partial charge in [-0.3, -0.25) is 4.79 Å². The Bertz CT molecular complexity index is 958. The van der Waals surface area contributed by atoms with E-state index in [0.29, 0.717) is 27.7 Å². The fourth-order valence-corrected chi connectivity index (χ4v) is 3.51. The van der Waals surface area contributed by atoms with Crippen molar-refractivity contribution in [3.63, 3.8) is 0 Å². The van der Waals surface area contributed by atoms with Gasteiger partial charge >= 0.3 is 0 Å². The van der Waals surface area contributed by atoms with Crippen molar-refractivity contribution < 1.29 is 9.15 Å². The number of hydrogen-bond acceptors (Lipinski definition) is 5. The maximum Gasteiger partial charge on any atom is 0.202 e. The summed E-state index contributed by atoms with van der Waals surface area (Å²) in [6.07, 6.45) is 2.57. The molecule has 2 aromatic carbocycles. The zero-order chi connectivity index (χ0) is 17.2. The number of rotatable bonds is 5. The van der Waals surface area contributed by atoms with Crippen LogP contribution in [0.1, 0.15) is 12.8 Å². The third-order valence-electron chi connectivity index (χ3n) is 4.85. The van der Waals surface area contributed by atoms with Gasteiger partial charge in [0.1, 0.15) is 16.9 Å². The van der Waals surface area contributed by atoms with E-state index in [1.807, 2.05) is 18.2 Å². The van der Waals surface area contributed by atoms with E-state index in [1.54, 1.807) is 25.3 Å². The van der Waals surface area contributed by atoms with Gasteiger partial charge in [-0.25, -0.2) is 0 Å². The molecule has 5 nitrogen and oxygen atoms in total. The van der Waals surface area contributed by atoms with E-state index in [9.17, 15) is 4.79 Å². The summed E-state index contributed by atoms with van der Waals surface area (Å²) in [5.41, 5.74) is 1.98. The zero-order valence-corrected chi connectivity index (χ0v) is 14.4. The Morgan fingerprint density at radius 1 is 1.16 bits per heavy atom. The first-order chi connectivity index (χ1) is 12.3. The van der Waals surface area contributed by atoms with Crippen molar-refractivity contribution in [3.05, 3.63) is 46.6 Å². The van der Waals surface area contributed by atoms with Gasteiger partial charge in [0, 0.05) is 18.8 Å². The standard InChI is InChI=1S/C20H22N2O3/c1-24-14-7-8-17-15(13-14)20(23)19-16(5-4-6-18(19)25-17)21-9-12-22-10-2-3-11-22/h4-8,13,21H,2-3,9-12H2,1H3. The third kappa shape index (κ3) is 3.07. The second kappa shape index (κ2) is 6.76. The summed E-state index contributed by atoms with van der Waals surface area (Å²) >= 11 is 0. The number of anilines is 1. The Hall–Kier alpha value is -2.53. The van der Waals surface area contributed by atoms with Crippen LogP contribution in [-0.4, -0.2) is 38.2 Å². The zero-order valence-electron chi connectivity index (χ0n) is 14.4. The number of fused-ring (bicyclic) bond motifs is 2. The van der Waals surface area contributed by atoms with Crippen molar-refractivity contribution in [2.75, 3.05) is 38.6 Å². The molecule has 4 rings (SSSR count). The lowest BCUT2D eigenvalue weighted by molar-refractivity contribution is 0.353. The number of ether oxygens (including phenoxy) is 1. The van der Waals surface area contributed by atoms with E-state index >= 15 is 0 Å². The van der Waals surface area contributed by atoms with E-state index < -0.39 is 0 Å². The molecule has 3 aromatic rings. The highest BCUT2D eigenvalue weighted by Crippen LogP contribution is 2.26. The molecular weight excluding hydrogens is 316 g/mol. The Labute approximate surface area is 146 Å². The summed E-state index contributed by atoms with van der Waals surface area (Å²) in [7, 11) is 1.59. The molecule has 0 saturated carbocycles. The molecule has 25 heavy (non-hydrogen) atoms. The molecule has 0 radical (unpaired) electrons. The minimum atomic E-state index is -0.0283. The normalized spacial score (nSPS) is 15.1. The Kier molecular flexibility index (Phi) is 4.32. The lowest BCUT2D eigenvalue weighted by atomic mass is 10.1. The van der Waals surface area contributed by atoms with E-state index in [2.05, 4.69) is 10.2 Å². The lowest BCUT2D eigenvalue weighted by Crippen LogP contribution is -2.26. The number of hydrogen-bond donors (Lipinski definition) is 1. The molecule has 5 heteroatoms. The van der Waals surface area contributed by atoms with Crippen molar-refractivity contribution in [2.45, 2.75) is 12.8 Å². The van der Waals surface area contributed by atoms with Crippen LogP contribution in [0.25, 0.3) is 21.9 Å². The smallest absolute Gasteiger partial charge is 0.202 e. The highest BCUT2D eigenvalue weighted by molar-refractivity contribution is 5.97. The maximum absolute atomic E-state index is 13.0. The van der Waals surface area contributed by atoms with Gasteiger partial charge in [-0.2, -0.15) is 0 Å². The Morgan fingerprint density at radius 2 is 2.00 bits per heavy atom. The summed E-state index contributed by atoms with van der Waals surface area (Å²) < 4.78 is 11.2. The van der Waals surface area contributed by atoms with Crippen LogP contribution in [-0.2, 0) is 0 Å². The number of nitrogens with one attached hydrogen (secondary N) is 1. The fraction of sp³-hybridized carbons (Fsp3) is 0.350. The second-order valence-electron chi connectivity index (χ2n) is 6.45. The van der Waals surface area contributed by atoms with Crippen LogP contribution in [0, 0.1) is 0 Å². The number of benzene rings is 2. The number of methoxy groups -OCH3 is 1. The van der Waals surface area contributed by atoms with Crippen molar-refractivity contribution in [3.8, 4) is 5.75 Å². The summed E-state index contributed by atoms with van der Waals surface area (Å²) in [6.45, 7) is 4.14. The molecule has 130 valence electrons. The molecule has 1 aromatic heterocycles. The first-order valence-corrected chi connectivity index (χ1v) is 8.76. The SMILES string of the molecule is COc1ccc2oc3cccc(NCCN4CCCC4)c3c(=O)c2c1. The number of nitrogens with zero attached hydrogens (tertiary/aromatic N) is 1. The van der Waals surface area contributed by atoms with Gasteiger partial charge in [0.25, 0.3) is 0 Å². The average molecular weight is 338 g/mol. The van der Waals surface area contributed by atoms with E-state index in [4.69, 9.17) is 9.15 Å². The van der Waals surface area contributed by atoms with Crippen LogP contribution in [0.5, 0.6) is 5.75 Å². The average Bonchev–Trinajstić information content (AvgIpc) is 3.15. The quantitative estimate of drug-likeness (QED) is 0.722. The van der Waals surface area contributed by atoms with Gasteiger partial charge in [-0.05, 0) is 56.3 Å². The van der Waals surface area contributed by atoms with Crippen LogP contribution < -0.4 is 15.5 Å². The molecule has 2 heterocycles. The molecule has 0 spiro atoms. The summed E-state index contributed by atoms with van der Waals surface area (Å²) in [6, 6.07) is 11.0. The van der Waals surface area contributed by atoms with Crippen LogP contribution >= 0.6 is 0 Å². The molecule has 0 unspecified atom stereocenters. The van der Waals surface area contributed by atoms with Gasteiger partial charge in [-0.15, -0.1) is 0 Å². The van der Waals surface area contributed by atoms with Gasteiger partial charge in [0.2, 0.25) is 5.43 Å². The molecule has 1 aliphatic heterocycles. The molecule has 0 bridgehead atoms. The largest absolute Gasteiger partial charge is 0.497 e. The van der Waals surface area contributed by atoms with Gasteiger partial charge < -0.3 is 19.4 Å². The summed E-state index contributed by atoms with van der Waals surface area (Å²) in [4.78, 5) is 15.5. The van der Waals surface area contributed by atoms with Crippen LogP contribution in [0.15, 0.2) is 45.6 Å². The molecule has 1 aliphatic rings. The minimum absolute atomic E-state index is 0.0283. The van der Waals surface area contributed by atoms with E-state index in [-0.39, 0.29) is 5.43 Å². The first kappa shape index (κ1) is 16.0. The molecule has 1 fully saturated rings. The van der Waals surface area contributed by atoms with Gasteiger partial charge in [-0.1, -0.05) is 6.07 Å². The van der Waals surface area contributed by atoms with E-state index in [0.717, 1.165) is 18.8 Å². The number of likely N-dealkylation sites (tertiary alicyclic amines) is 1. The molecule has 1 N–H and O–H groups in total. The topological polar surface area (TPSA) is 54.7 Å². The monoisotopic (exact) mass is 338 g/mol. The predicted octanol–water partition coefficient (Wildman–Crippen LogP) is 3.46. The van der Waals surface area contributed by atoms with E-state index in [1.165, 1.54) is 25.9 Å². The molecular formula is C20H22N2O3. The predicted molar refractivity (Wildman–Crippen MR) is 101 cm³/mol. The third-order valence-corrected chi connectivity index (χ3v) is 4.85. The lowest BCUT2D eigenvalue weighted by Gasteiger charge is -2.16. The van der Waals surface area contributed by atoms with Crippen molar-refractivity contribution in [1.29, 1.82) is 0 Å². The summed E-state index contributed by atoms with van der Waals surface area (Å²) in [5, 5.41) is 4.56. The molecule has 0 atom stereocenters. The summed E-state index contributed by atoms with van der Waals surface area (Å²) in [5.74, 6) is 0.652. The van der Waals surface area contributed by atoms with Gasteiger partial charge in [0.05, 0.1) is 17.9 Å². The van der Waals surface area contributed by atoms with Gasteiger partial charge in [0.15, 0.2) is 0 Å². The molecule has 1 saturated heterocycles. The van der Waals surface area contributed by atoms with Crippen LogP contribution in [0.2, 0.25) is 0 Å². The Morgan fingerprint density at radius 3 is 2.80 bits per heavy atom. The van der Waals surface area contributed by atoms with Crippen molar-refractivity contribution in [1.82, 2.24) is 4.90 Å². The Balaban J connectivity index is 1.71. The van der Waals surface area contributed by atoms with Crippen LogP contribution in [0.3, 0.4) is 0 Å². The maximum atomic E-state index is 13.0.